The molecule has 21 heavy (non-hydrogen) atoms. The summed E-state index contributed by atoms with van der Waals surface area (Å²) in [7, 11) is 0. The molecule has 2 aromatic carbocycles. The Hall–Kier alpha value is -3.29. The first kappa shape index (κ1) is 12.7. The summed E-state index contributed by atoms with van der Waals surface area (Å²) in [5.74, 6) is -0.748. The molecule has 0 aliphatic rings. The van der Waals surface area contributed by atoms with Gasteiger partial charge < -0.3 is 5.11 Å². The number of fused-ring (bicyclic) bond motifs is 2. The van der Waals surface area contributed by atoms with Crippen LogP contribution in [0.25, 0.3) is 21.8 Å². The second-order valence-corrected chi connectivity index (χ2v) is 4.35. The van der Waals surface area contributed by atoms with Crippen molar-refractivity contribution >= 4 is 33.2 Å². The van der Waals surface area contributed by atoms with Crippen LogP contribution in [0.2, 0.25) is 0 Å². The van der Waals surface area contributed by atoms with E-state index >= 15 is 0 Å². The van der Waals surface area contributed by atoms with E-state index in [0.29, 0.717) is 10.9 Å². The van der Waals surface area contributed by atoms with Gasteiger partial charge in [-0.3, -0.25) is 20.2 Å². The molecule has 8 heteroatoms. The van der Waals surface area contributed by atoms with E-state index in [0.717, 1.165) is 6.07 Å². The number of phenolic OH excluding ortho intramolecular Hbond substituents is 1. The third-order valence-electron chi connectivity index (χ3n) is 3.13. The van der Waals surface area contributed by atoms with E-state index in [1.54, 1.807) is 24.3 Å². The third kappa shape index (κ3) is 1.89. The van der Waals surface area contributed by atoms with Crippen LogP contribution in [0.1, 0.15) is 0 Å². The lowest BCUT2D eigenvalue weighted by Gasteiger charge is -2.04. The minimum Gasteiger partial charge on any atom is -0.501 e. The summed E-state index contributed by atoms with van der Waals surface area (Å²) < 4.78 is 0. The summed E-state index contributed by atoms with van der Waals surface area (Å²) in [6, 6.07) is 9.46. The molecule has 0 saturated heterocycles. The molecule has 0 atom stereocenters. The smallest absolute Gasteiger partial charge is 0.387 e. The number of phenols is 1. The minimum absolute atomic E-state index is 0.103. The van der Waals surface area contributed by atoms with E-state index in [-0.39, 0.29) is 10.9 Å². The Labute approximate surface area is 116 Å². The van der Waals surface area contributed by atoms with Crippen LogP contribution in [-0.2, 0) is 0 Å². The average molecular weight is 285 g/mol. The fourth-order valence-corrected chi connectivity index (χ4v) is 2.20. The number of rotatable bonds is 2. The summed E-state index contributed by atoms with van der Waals surface area (Å²) in [4.78, 5) is 24.2. The van der Waals surface area contributed by atoms with Crippen molar-refractivity contribution in [1.82, 2.24) is 4.98 Å². The van der Waals surface area contributed by atoms with Crippen molar-refractivity contribution in [2.45, 2.75) is 0 Å². The summed E-state index contributed by atoms with van der Waals surface area (Å²) in [6.07, 6.45) is 0. The highest BCUT2D eigenvalue weighted by atomic mass is 16.6. The van der Waals surface area contributed by atoms with Crippen molar-refractivity contribution in [3.8, 4) is 5.75 Å². The number of nitro benzene ring substituents is 2. The van der Waals surface area contributed by atoms with Crippen molar-refractivity contribution < 1.29 is 15.0 Å². The maximum atomic E-state index is 11.0. The number of benzene rings is 2. The van der Waals surface area contributed by atoms with Gasteiger partial charge in [0.2, 0.25) is 5.75 Å². The van der Waals surface area contributed by atoms with Gasteiger partial charge in [-0.25, -0.2) is 4.98 Å². The number of para-hydroxylation sites is 1. The Morgan fingerprint density at radius 2 is 1.71 bits per heavy atom. The molecule has 0 aliphatic heterocycles. The number of aromatic nitrogens is 1. The molecular weight excluding hydrogens is 278 g/mol. The zero-order valence-electron chi connectivity index (χ0n) is 10.4. The monoisotopic (exact) mass is 285 g/mol. The van der Waals surface area contributed by atoms with Crippen LogP contribution in [0.15, 0.2) is 36.4 Å². The summed E-state index contributed by atoms with van der Waals surface area (Å²) in [5, 5.41) is 32.7. The van der Waals surface area contributed by atoms with Crippen LogP contribution in [0, 0.1) is 20.2 Å². The molecule has 1 heterocycles. The standard InChI is InChI=1S/C13H7N3O5/c17-13-8-5-7-3-1-2-4-9(7)14-10(8)6-11(15(18)19)12(13)16(20)21/h1-6,17H. The minimum atomic E-state index is -0.970. The molecule has 3 aromatic rings. The quantitative estimate of drug-likeness (QED) is 0.439. The van der Waals surface area contributed by atoms with Crippen molar-refractivity contribution in [3.63, 3.8) is 0 Å². The van der Waals surface area contributed by atoms with Crippen LogP contribution in [0.3, 0.4) is 0 Å². The Morgan fingerprint density at radius 3 is 2.38 bits per heavy atom. The highest BCUT2D eigenvalue weighted by Gasteiger charge is 2.31. The third-order valence-corrected chi connectivity index (χ3v) is 3.13. The van der Waals surface area contributed by atoms with E-state index < -0.39 is 27.0 Å². The molecule has 104 valence electrons. The van der Waals surface area contributed by atoms with E-state index in [1.165, 1.54) is 6.07 Å². The number of hydrogen-bond acceptors (Lipinski definition) is 6. The molecule has 0 amide bonds. The number of pyridine rings is 1. The van der Waals surface area contributed by atoms with Crippen LogP contribution in [0.4, 0.5) is 11.4 Å². The summed E-state index contributed by atoms with van der Waals surface area (Å²) in [6.45, 7) is 0. The normalized spacial score (nSPS) is 10.9. The Morgan fingerprint density at radius 1 is 1.00 bits per heavy atom. The van der Waals surface area contributed by atoms with E-state index in [9.17, 15) is 25.3 Å². The predicted octanol–water partition coefficient (Wildman–Crippen LogP) is 2.91. The van der Waals surface area contributed by atoms with Crippen LogP contribution in [-0.4, -0.2) is 19.9 Å². The lowest BCUT2D eigenvalue weighted by Crippen LogP contribution is -1.98. The number of hydrogen-bond donors (Lipinski definition) is 1. The first-order chi connectivity index (χ1) is 9.99. The van der Waals surface area contributed by atoms with Crippen molar-refractivity contribution in [1.29, 1.82) is 0 Å². The average Bonchev–Trinajstić information content (AvgIpc) is 2.44. The van der Waals surface area contributed by atoms with Gasteiger partial charge in [0.05, 0.1) is 32.3 Å². The van der Waals surface area contributed by atoms with E-state index in [2.05, 4.69) is 4.98 Å². The van der Waals surface area contributed by atoms with Crippen LogP contribution < -0.4 is 0 Å². The van der Waals surface area contributed by atoms with Gasteiger partial charge in [-0.1, -0.05) is 18.2 Å². The second kappa shape index (κ2) is 4.37. The lowest BCUT2D eigenvalue weighted by atomic mass is 10.1. The second-order valence-electron chi connectivity index (χ2n) is 4.35. The molecule has 1 N–H and O–H groups in total. The molecule has 0 saturated carbocycles. The topological polar surface area (TPSA) is 119 Å². The first-order valence-corrected chi connectivity index (χ1v) is 5.83. The van der Waals surface area contributed by atoms with Gasteiger partial charge in [-0.15, -0.1) is 0 Å². The van der Waals surface area contributed by atoms with Crippen molar-refractivity contribution in [2.24, 2.45) is 0 Å². The fraction of sp³-hybridized carbons (Fsp3) is 0. The Bertz CT molecular complexity index is 922. The molecular formula is C13H7N3O5. The fourth-order valence-electron chi connectivity index (χ4n) is 2.20. The molecule has 0 bridgehead atoms. The van der Waals surface area contributed by atoms with Gasteiger partial charge in [0.15, 0.2) is 0 Å². The lowest BCUT2D eigenvalue weighted by molar-refractivity contribution is -0.422. The molecule has 3 rings (SSSR count). The molecule has 0 aliphatic carbocycles. The zero-order valence-corrected chi connectivity index (χ0v) is 10.4. The number of nitrogens with zero attached hydrogens (tertiary/aromatic N) is 3. The number of aromatic hydroxyl groups is 1. The zero-order chi connectivity index (χ0) is 15.1. The molecule has 0 unspecified atom stereocenters. The van der Waals surface area contributed by atoms with Gasteiger partial charge >= 0.3 is 11.4 Å². The van der Waals surface area contributed by atoms with Gasteiger partial charge in [0, 0.05) is 5.39 Å². The van der Waals surface area contributed by atoms with Gasteiger partial charge in [0.25, 0.3) is 0 Å². The maximum absolute atomic E-state index is 11.0. The van der Waals surface area contributed by atoms with E-state index in [4.69, 9.17) is 0 Å². The van der Waals surface area contributed by atoms with Crippen LogP contribution in [0.5, 0.6) is 5.75 Å². The van der Waals surface area contributed by atoms with Crippen molar-refractivity contribution in [2.75, 3.05) is 0 Å². The molecule has 0 radical (unpaired) electrons. The highest BCUT2D eigenvalue weighted by Crippen LogP contribution is 2.42. The Kier molecular flexibility index (Phi) is 2.65. The molecule has 0 fully saturated rings. The van der Waals surface area contributed by atoms with Crippen LogP contribution >= 0.6 is 0 Å². The molecule has 0 spiro atoms. The molecule has 1 aromatic heterocycles. The largest absolute Gasteiger partial charge is 0.501 e. The first-order valence-electron chi connectivity index (χ1n) is 5.83. The highest BCUT2D eigenvalue weighted by molar-refractivity contribution is 5.99. The summed E-state index contributed by atoms with van der Waals surface area (Å²) in [5.41, 5.74) is -1.01. The maximum Gasteiger partial charge on any atom is 0.387 e. The molecule has 8 nitrogen and oxygen atoms in total. The van der Waals surface area contributed by atoms with Gasteiger partial charge in [-0.05, 0) is 12.1 Å². The Balaban J connectivity index is 2.50. The SMILES string of the molecule is O=[N+]([O-])c1cc2nc3ccccc3cc2c(O)c1[N+](=O)[O-]. The predicted molar refractivity (Wildman–Crippen MR) is 74.2 cm³/mol. The van der Waals surface area contributed by atoms with Crippen molar-refractivity contribution in [3.05, 3.63) is 56.6 Å². The van der Waals surface area contributed by atoms with Gasteiger partial charge in [-0.2, -0.15) is 0 Å². The number of nitro groups is 2. The summed E-state index contributed by atoms with van der Waals surface area (Å²) >= 11 is 0. The van der Waals surface area contributed by atoms with Gasteiger partial charge in [0.1, 0.15) is 0 Å². The van der Waals surface area contributed by atoms with E-state index in [1.807, 2.05) is 0 Å².